The van der Waals surface area contributed by atoms with Crippen LogP contribution in [0, 0.1) is 5.82 Å². The highest BCUT2D eigenvalue weighted by Crippen LogP contribution is 2.52. The van der Waals surface area contributed by atoms with Crippen LogP contribution in [0.4, 0.5) is 10.1 Å². The third-order valence-corrected chi connectivity index (χ3v) is 7.57. The number of hydrogen-bond donors (Lipinski definition) is 3. The van der Waals surface area contributed by atoms with Gasteiger partial charge in [0.1, 0.15) is 5.82 Å². The van der Waals surface area contributed by atoms with Gasteiger partial charge in [-0.15, -0.1) is 0 Å². The smallest absolute Gasteiger partial charge is 0.235 e. The minimum absolute atomic E-state index is 0. The fourth-order valence-electron chi connectivity index (χ4n) is 5.00. The van der Waals surface area contributed by atoms with E-state index in [9.17, 15) is 15.0 Å². The van der Waals surface area contributed by atoms with Gasteiger partial charge in [-0.25, -0.2) is 4.39 Å². The number of rotatable bonds is 7. The number of carbonyl (C=O) groups excluding carboxylic acids is 1. The number of halogens is 1. The highest BCUT2D eigenvalue weighted by Gasteiger charge is 2.52. The first kappa shape index (κ1) is 21.4. The highest BCUT2D eigenvalue weighted by molar-refractivity contribution is 6.03. The minimum Gasteiger partial charge on any atom is -0.454 e. The first-order chi connectivity index (χ1) is 16.3. The van der Waals surface area contributed by atoms with E-state index in [0.717, 1.165) is 29.5 Å². The molecule has 1 aliphatic heterocycles. The number of hydrogen-bond acceptors (Lipinski definition) is 5. The van der Waals surface area contributed by atoms with Gasteiger partial charge in [0, 0.05) is 28.3 Å². The second-order valence-corrected chi connectivity index (χ2v) is 10.0. The Morgan fingerprint density at radius 2 is 1.94 bits per heavy atom. The molecule has 3 N–H and O–H groups in total. The lowest BCUT2D eigenvalue weighted by Crippen LogP contribution is -2.28. The summed E-state index contributed by atoms with van der Waals surface area (Å²) in [6, 6.07) is 10.6. The van der Waals surface area contributed by atoms with Crippen LogP contribution in [0.25, 0.3) is 10.9 Å². The van der Waals surface area contributed by atoms with Crippen LogP contribution in [0.3, 0.4) is 0 Å². The van der Waals surface area contributed by atoms with Crippen molar-refractivity contribution in [1.82, 2.24) is 4.57 Å². The Hall–Kier alpha value is -3.10. The van der Waals surface area contributed by atoms with Crippen molar-refractivity contribution in [2.45, 2.75) is 56.1 Å². The van der Waals surface area contributed by atoms with E-state index in [1.54, 1.807) is 12.1 Å². The van der Waals surface area contributed by atoms with Crippen LogP contribution in [0.5, 0.6) is 11.5 Å². The molecule has 3 aromatic rings. The summed E-state index contributed by atoms with van der Waals surface area (Å²) in [6.07, 6.45) is 2.46. The lowest BCUT2D eigenvalue weighted by Gasteiger charge is -2.18. The first-order valence-electron chi connectivity index (χ1n) is 11.7. The van der Waals surface area contributed by atoms with Gasteiger partial charge in [-0.3, -0.25) is 4.79 Å². The molecule has 8 heteroatoms. The molecule has 7 nitrogen and oxygen atoms in total. The zero-order valence-electron chi connectivity index (χ0n) is 18.9. The summed E-state index contributed by atoms with van der Waals surface area (Å²) >= 11 is 0. The van der Waals surface area contributed by atoms with Gasteiger partial charge in [0.2, 0.25) is 12.7 Å². The standard InChI is InChI=1S/C26H27FN2O5.4H2/c1-25(4-5-25)23-9-15-8-19(18(27)11-20(15)29(23)12-17(31)13-30)28-24(32)26(6-7-26)16-2-3-21-22(10-16)34-14-33-21;;;;/h2-3,8-11,17,30-31H,4-7,12-14H2,1H3,(H,28,32);4*1H/t17-;;;;/m0..../s1. The van der Waals surface area contributed by atoms with Gasteiger partial charge >= 0.3 is 0 Å². The molecule has 0 saturated heterocycles. The van der Waals surface area contributed by atoms with Crippen LogP contribution in [-0.4, -0.2) is 40.2 Å². The summed E-state index contributed by atoms with van der Waals surface area (Å²) in [4.78, 5) is 13.3. The van der Waals surface area contributed by atoms with Crippen LogP contribution < -0.4 is 14.8 Å². The summed E-state index contributed by atoms with van der Waals surface area (Å²) in [6.45, 7) is 2.13. The SMILES string of the molecule is CC1(c2cc3cc(NC(=O)C4(c5ccc6c(c5)OCO6)CC4)c(F)cc3n2C[C@H](O)CO)CC1.[HH].[HH].[HH].[HH]. The van der Waals surface area contributed by atoms with Crippen molar-refractivity contribution in [3.63, 3.8) is 0 Å². The minimum atomic E-state index is -0.935. The molecule has 2 fully saturated rings. The number of fused-ring (bicyclic) bond motifs is 2. The maximum atomic E-state index is 15.2. The maximum Gasteiger partial charge on any atom is 0.235 e. The third kappa shape index (κ3) is 3.35. The summed E-state index contributed by atoms with van der Waals surface area (Å²) in [5.74, 6) is 0.505. The number of ether oxygens (including phenoxy) is 2. The van der Waals surface area contributed by atoms with Gasteiger partial charge < -0.3 is 29.6 Å². The van der Waals surface area contributed by atoms with Gasteiger partial charge in [-0.1, -0.05) is 13.0 Å². The van der Waals surface area contributed by atoms with Gasteiger partial charge in [-0.05, 0) is 55.5 Å². The molecule has 186 valence electrons. The Bertz CT molecular complexity index is 1330. The van der Waals surface area contributed by atoms with E-state index in [1.807, 2.05) is 22.8 Å². The Morgan fingerprint density at radius 1 is 1.18 bits per heavy atom. The number of aromatic nitrogens is 1. The van der Waals surface area contributed by atoms with Crippen LogP contribution in [0.2, 0.25) is 0 Å². The van der Waals surface area contributed by atoms with Gasteiger partial charge in [-0.2, -0.15) is 0 Å². The maximum absolute atomic E-state index is 15.2. The van der Waals surface area contributed by atoms with E-state index >= 15 is 4.39 Å². The van der Waals surface area contributed by atoms with E-state index in [4.69, 9.17) is 9.47 Å². The number of amides is 1. The summed E-state index contributed by atoms with van der Waals surface area (Å²) in [7, 11) is 0. The zero-order chi connectivity index (χ0) is 23.7. The van der Waals surface area contributed by atoms with Crippen molar-refractivity contribution >= 4 is 22.5 Å². The lowest BCUT2D eigenvalue weighted by molar-refractivity contribution is -0.118. The number of carbonyl (C=O) groups is 1. The van der Waals surface area contributed by atoms with E-state index in [0.29, 0.717) is 29.9 Å². The van der Waals surface area contributed by atoms with Crippen LogP contribution in [-0.2, 0) is 22.2 Å². The van der Waals surface area contributed by atoms with Crippen molar-refractivity contribution in [2.24, 2.45) is 0 Å². The molecule has 2 saturated carbocycles. The van der Waals surface area contributed by atoms with E-state index in [-0.39, 0.29) is 42.7 Å². The molecule has 0 bridgehead atoms. The van der Waals surface area contributed by atoms with Crippen LogP contribution in [0.1, 0.15) is 49.6 Å². The lowest BCUT2D eigenvalue weighted by atomic mass is 9.94. The summed E-state index contributed by atoms with van der Waals surface area (Å²) in [5.41, 5.74) is 1.90. The highest BCUT2D eigenvalue weighted by atomic mass is 19.1. The van der Waals surface area contributed by atoms with E-state index in [1.165, 1.54) is 6.07 Å². The average Bonchev–Trinajstić information content (AvgIpc) is 3.71. The molecule has 1 amide bonds. The van der Waals surface area contributed by atoms with E-state index in [2.05, 4.69) is 12.2 Å². The molecule has 0 radical (unpaired) electrons. The van der Waals surface area contributed by atoms with Crippen LogP contribution in [0.15, 0.2) is 36.4 Å². The number of aliphatic hydroxyl groups excluding tert-OH is 2. The molecule has 1 aromatic heterocycles. The third-order valence-electron chi connectivity index (χ3n) is 7.57. The van der Waals surface area contributed by atoms with Crippen molar-refractivity contribution in [2.75, 3.05) is 18.7 Å². The second-order valence-electron chi connectivity index (χ2n) is 10.0. The number of nitrogens with zero attached hydrogens (tertiary/aromatic N) is 1. The molecule has 0 unspecified atom stereocenters. The fraction of sp³-hybridized carbons (Fsp3) is 0.423. The van der Waals surface area contributed by atoms with Gasteiger partial charge in [0.15, 0.2) is 11.5 Å². The Labute approximate surface area is 202 Å². The predicted molar refractivity (Wildman–Crippen MR) is 132 cm³/mol. The quantitative estimate of drug-likeness (QED) is 0.467. The molecule has 0 spiro atoms. The van der Waals surface area contributed by atoms with Crippen LogP contribution >= 0.6 is 0 Å². The van der Waals surface area contributed by atoms with Crippen molar-refractivity contribution in [1.29, 1.82) is 0 Å². The Kier molecular flexibility index (Phi) is 4.70. The number of anilines is 1. The number of nitrogens with one attached hydrogen (secondary N) is 1. The molecular weight excluding hydrogens is 439 g/mol. The molecule has 3 aliphatic rings. The average molecular weight is 475 g/mol. The van der Waals surface area contributed by atoms with Gasteiger partial charge in [0.25, 0.3) is 0 Å². The topological polar surface area (TPSA) is 93.0 Å². The van der Waals surface area contributed by atoms with E-state index < -0.39 is 17.3 Å². The molecule has 1 atom stereocenters. The second kappa shape index (κ2) is 7.45. The Morgan fingerprint density at radius 3 is 2.65 bits per heavy atom. The molecular formula is C26H35FN2O5. The predicted octanol–water partition coefficient (Wildman–Crippen LogP) is 4.57. The molecule has 34 heavy (non-hydrogen) atoms. The Balaban J connectivity index is 0.00000127. The summed E-state index contributed by atoms with van der Waals surface area (Å²) in [5, 5.41) is 23.0. The summed E-state index contributed by atoms with van der Waals surface area (Å²) < 4.78 is 27.9. The molecule has 6 rings (SSSR count). The normalized spacial score (nSPS) is 19.8. The van der Waals surface area contributed by atoms with Crippen molar-refractivity contribution < 1.29 is 34.6 Å². The molecule has 2 aliphatic carbocycles. The molecule has 2 aromatic carbocycles. The first-order valence-corrected chi connectivity index (χ1v) is 11.7. The monoisotopic (exact) mass is 474 g/mol. The fourth-order valence-corrected chi connectivity index (χ4v) is 5.00. The van der Waals surface area contributed by atoms with Crippen molar-refractivity contribution in [3.05, 3.63) is 53.5 Å². The zero-order valence-corrected chi connectivity index (χ0v) is 18.9. The van der Waals surface area contributed by atoms with Crippen molar-refractivity contribution in [3.8, 4) is 11.5 Å². The van der Waals surface area contributed by atoms with Gasteiger partial charge in [0.05, 0.1) is 35.9 Å². The molecule has 2 heterocycles. The number of benzene rings is 2. The number of aliphatic hydroxyl groups is 2. The largest absolute Gasteiger partial charge is 0.454 e.